The molecule has 96 valence electrons. The van der Waals surface area contributed by atoms with E-state index in [0.29, 0.717) is 19.3 Å². The van der Waals surface area contributed by atoms with Gasteiger partial charge in [-0.3, -0.25) is 9.59 Å². The predicted molar refractivity (Wildman–Crippen MR) is 61.2 cm³/mol. The predicted octanol–water partition coefficient (Wildman–Crippen LogP) is 0.813. The highest BCUT2D eigenvalue weighted by Gasteiger charge is 2.32. The second-order valence-corrected chi connectivity index (χ2v) is 4.29. The number of methoxy groups -OCH3 is 1. The molecule has 0 saturated heterocycles. The Morgan fingerprint density at radius 1 is 1.35 bits per heavy atom. The number of amides is 1. The molecule has 0 heterocycles. The molecule has 0 unspecified atom stereocenters. The van der Waals surface area contributed by atoms with Crippen LogP contribution in [0.15, 0.2) is 0 Å². The average Bonchev–Trinajstić information content (AvgIpc) is 3.16. The Morgan fingerprint density at radius 2 is 2.00 bits per heavy atom. The smallest absolute Gasteiger partial charge is 0.328 e. The van der Waals surface area contributed by atoms with E-state index in [4.69, 9.17) is 0 Å². The third-order valence-corrected chi connectivity index (χ3v) is 2.86. The molecule has 0 radical (unpaired) electrons. The highest BCUT2D eigenvalue weighted by molar-refractivity contribution is 5.87. The van der Waals surface area contributed by atoms with Crippen LogP contribution in [0.3, 0.4) is 0 Å². The molecule has 1 amide bonds. The van der Waals surface area contributed by atoms with E-state index in [1.54, 1.807) is 6.92 Å². The average molecular weight is 241 g/mol. The van der Waals surface area contributed by atoms with Crippen LogP contribution in [0, 0.1) is 5.92 Å². The fraction of sp³-hybridized carbons (Fsp3) is 0.750. The van der Waals surface area contributed by atoms with Gasteiger partial charge in [0.15, 0.2) is 0 Å². The summed E-state index contributed by atoms with van der Waals surface area (Å²) in [6.07, 6.45) is 2.82. The van der Waals surface area contributed by atoms with Crippen LogP contribution in [0.5, 0.6) is 0 Å². The second kappa shape index (κ2) is 6.37. The molecule has 1 rings (SSSR count). The third-order valence-electron chi connectivity index (χ3n) is 2.86. The summed E-state index contributed by atoms with van der Waals surface area (Å²) in [5.41, 5.74) is 0. The number of nitrogens with one attached hydrogen (secondary N) is 1. The van der Waals surface area contributed by atoms with Gasteiger partial charge in [-0.05, 0) is 19.3 Å². The highest BCUT2D eigenvalue weighted by Crippen LogP contribution is 2.29. The lowest BCUT2D eigenvalue weighted by molar-refractivity contribution is -0.145. The Hall–Kier alpha value is -1.39. The monoisotopic (exact) mass is 241 g/mol. The maximum Gasteiger partial charge on any atom is 0.328 e. The maximum absolute atomic E-state index is 11.5. The topological polar surface area (TPSA) is 72.5 Å². The summed E-state index contributed by atoms with van der Waals surface area (Å²) in [6.45, 7) is 1.78. The maximum atomic E-state index is 11.5. The van der Waals surface area contributed by atoms with Crippen molar-refractivity contribution in [2.24, 2.45) is 5.92 Å². The molecule has 1 aliphatic rings. The summed E-state index contributed by atoms with van der Waals surface area (Å²) < 4.78 is 4.61. The fourth-order valence-corrected chi connectivity index (χ4v) is 1.51. The van der Waals surface area contributed by atoms with E-state index in [9.17, 15) is 14.4 Å². The molecule has 0 bridgehead atoms. The van der Waals surface area contributed by atoms with E-state index in [1.807, 2.05) is 0 Å². The van der Waals surface area contributed by atoms with Gasteiger partial charge in [0.1, 0.15) is 11.8 Å². The lowest BCUT2D eigenvalue weighted by Crippen LogP contribution is -2.42. The number of carbonyl (C=O) groups is 3. The minimum Gasteiger partial charge on any atom is -0.467 e. The van der Waals surface area contributed by atoms with E-state index in [2.05, 4.69) is 10.1 Å². The number of carbonyl (C=O) groups excluding carboxylic acids is 3. The van der Waals surface area contributed by atoms with Gasteiger partial charge in [-0.15, -0.1) is 0 Å². The van der Waals surface area contributed by atoms with Crippen LogP contribution in [0.1, 0.15) is 39.0 Å². The summed E-state index contributed by atoms with van der Waals surface area (Å²) in [5, 5.41) is 2.64. The first-order valence-electron chi connectivity index (χ1n) is 5.98. The van der Waals surface area contributed by atoms with Crippen molar-refractivity contribution in [2.45, 2.75) is 45.1 Å². The van der Waals surface area contributed by atoms with Gasteiger partial charge in [0.2, 0.25) is 5.91 Å². The van der Waals surface area contributed by atoms with Gasteiger partial charge in [-0.1, -0.05) is 6.92 Å². The van der Waals surface area contributed by atoms with Crippen molar-refractivity contribution in [1.82, 2.24) is 5.32 Å². The molecule has 1 aliphatic carbocycles. The van der Waals surface area contributed by atoms with Gasteiger partial charge in [-0.25, -0.2) is 4.79 Å². The van der Waals surface area contributed by atoms with E-state index in [1.165, 1.54) is 7.11 Å². The van der Waals surface area contributed by atoms with Crippen molar-refractivity contribution in [3.63, 3.8) is 0 Å². The van der Waals surface area contributed by atoms with Gasteiger partial charge in [0, 0.05) is 18.8 Å². The van der Waals surface area contributed by atoms with Crippen LogP contribution in [0.25, 0.3) is 0 Å². The number of Topliss-reactive ketones (excluding diaryl/α,β-unsaturated/α-hetero) is 1. The molecule has 5 heteroatoms. The molecule has 0 aromatic heterocycles. The highest BCUT2D eigenvalue weighted by atomic mass is 16.5. The standard InChI is InChI=1S/C12H19NO4/c1-3-9(14)6-7-10(12(16)17-2)13-11(15)8-4-5-8/h8,10H,3-7H2,1-2H3,(H,13,15)/t10-/m1/s1. The van der Waals surface area contributed by atoms with Crippen molar-refractivity contribution in [2.75, 3.05) is 7.11 Å². The Kier molecular flexibility index (Phi) is 5.12. The second-order valence-electron chi connectivity index (χ2n) is 4.29. The minimum atomic E-state index is -0.691. The SMILES string of the molecule is CCC(=O)CC[C@@H](NC(=O)C1CC1)C(=O)OC. The van der Waals surface area contributed by atoms with E-state index >= 15 is 0 Å². The summed E-state index contributed by atoms with van der Waals surface area (Å²) in [4.78, 5) is 34.2. The summed E-state index contributed by atoms with van der Waals surface area (Å²) in [5.74, 6) is -0.462. The first-order valence-corrected chi connectivity index (χ1v) is 5.98. The summed E-state index contributed by atoms with van der Waals surface area (Å²) in [6, 6.07) is -0.691. The van der Waals surface area contributed by atoms with Crippen molar-refractivity contribution < 1.29 is 19.1 Å². The molecule has 1 N–H and O–H groups in total. The lowest BCUT2D eigenvalue weighted by Gasteiger charge is -2.15. The molecular weight excluding hydrogens is 222 g/mol. The van der Waals surface area contributed by atoms with Crippen molar-refractivity contribution in [3.05, 3.63) is 0 Å². The molecule has 1 saturated carbocycles. The van der Waals surface area contributed by atoms with Crippen LogP contribution >= 0.6 is 0 Å². The van der Waals surface area contributed by atoms with Crippen molar-refractivity contribution >= 4 is 17.7 Å². The van der Waals surface area contributed by atoms with Crippen LogP contribution in [0.2, 0.25) is 0 Å². The van der Waals surface area contributed by atoms with E-state index < -0.39 is 12.0 Å². The largest absolute Gasteiger partial charge is 0.467 e. The van der Waals surface area contributed by atoms with Gasteiger partial charge >= 0.3 is 5.97 Å². The van der Waals surface area contributed by atoms with Crippen molar-refractivity contribution in [1.29, 1.82) is 0 Å². The van der Waals surface area contributed by atoms with E-state index in [-0.39, 0.29) is 17.6 Å². The van der Waals surface area contributed by atoms with Gasteiger partial charge < -0.3 is 10.1 Å². The number of rotatable bonds is 7. The van der Waals surface area contributed by atoms with Crippen LogP contribution < -0.4 is 5.32 Å². The zero-order chi connectivity index (χ0) is 12.8. The van der Waals surface area contributed by atoms with Crippen LogP contribution in [0.4, 0.5) is 0 Å². The van der Waals surface area contributed by atoms with Crippen molar-refractivity contribution in [3.8, 4) is 0 Å². The quantitative estimate of drug-likeness (QED) is 0.669. The summed E-state index contributed by atoms with van der Waals surface area (Å²) >= 11 is 0. The Balaban J connectivity index is 2.44. The number of hydrogen-bond donors (Lipinski definition) is 1. The Labute approximate surface area is 101 Å². The number of esters is 1. The molecule has 5 nitrogen and oxygen atoms in total. The molecule has 0 aromatic rings. The number of ketones is 1. The first-order chi connectivity index (χ1) is 8.08. The minimum absolute atomic E-state index is 0.0454. The van der Waals surface area contributed by atoms with Gasteiger partial charge in [0.25, 0.3) is 0 Å². The lowest BCUT2D eigenvalue weighted by atomic mass is 10.1. The van der Waals surface area contributed by atoms with Gasteiger partial charge in [0.05, 0.1) is 7.11 Å². The zero-order valence-corrected chi connectivity index (χ0v) is 10.3. The molecule has 1 fully saturated rings. The van der Waals surface area contributed by atoms with Crippen LogP contribution in [-0.4, -0.2) is 30.8 Å². The summed E-state index contributed by atoms with van der Waals surface area (Å²) in [7, 11) is 1.28. The van der Waals surface area contributed by atoms with Crippen LogP contribution in [-0.2, 0) is 19.1 Å². The number of ether oxygens (including phenoxy) is 1. The molecule has 1 atom stereocenters. The van der Waals surface area contributed by atoms with Gasteiger partial charge in [-0.2, -0.15) is 0 Å². The van der Waals surface area contributed by atoms with E-state index in [0.717, 1.165) is 12.8 Å². The molecule has 0 aliphatic heterocycles. The first kappa shape index (κ1) is 13.7. The normalized spacial score (nSPS) is 16.1. The number of hydrogen-bond acceptors (Lipinski definition) is 4. The Morgan fingerprint density at radius 3 is 2.47 bits per heavy atom. The molecule has 0 aromatic carbocycles. The molecule has 0 spiro atoms. The molecule has 17 heavy (non-hydrogen) atoms. The molecular formula is C12H19NO4. The Bertz CT molecular complexity index is 310. The third kappa shape index (κ3) is 4.54. The zero-order valence-electron chi connectivity index (χ0n) is 10.3. The fourth-order valence-electron chi connectivity index (χ4n) is 1.51.